The van der Waals surface area contributed by atoms with Crippen molar-refractivity contribution in [1.29, 1.82) is 0 Å². The van der Waals surface area contributed by atoms with Crippen LogP contribution in [0.4, 0.5) is 4.79 Å². The van der Waals surface area contributed by atoms with E-state index in [9.17, 15) is 9.59 Å². The Morgan fingerprint density at radius 2 is 2.10 bits per heavy atom. The van der Waals surface area contributed by atoms with Crippen molar-refractivity contribution in [3.8, 4) is 0 Å². The lowest BCUT2D eigenvalue weighted by atomic mass is 9.98. The Hall–Kier alpha value is -1.30. The lowest BCUT2D eigenvalue weighted by molar-refractivity contribution is -0.137. The summed E-state index contributed by atoms with van der Waals surface area (Å²) in [4.78, 5) is 24.9. The van der Waals surface area contributed by atoms with Gasteiger partial charge in [0, 0.05) is 25.6 Å². The first-order valence-corrected chi connectivity index (χ1v) is 7.53. The first-order valence-electron chi connectivity index (χ1n) is 7.53. The summed E-state index contributed by atoms with van der Waals surface area (Å²) in [6, 6.07) is 0.0956. The number of hydrogen-bond donors (Lipinski definition) is 2. The normalized spacial score (nSPS) is 27.1. The monoisotopic (exact) mass is 284 g/mol. The van der Waals surface area contributed by atoms with Crippen LogP contribution in [0, 0.1) is 0 Å². The summed E-state index contributed by atoms with van der Waals surface area (Å²) < 4.78 is 5.37. The Morgan fingerprint density at radius 3 is 2.80 bits per heavy atom. The Bertz CT molecular complexity index is 342. The van der Waals surface area contributed by atoms with Gasteiger partial charge in [0.25, 0.3) is 0 Å². The number of piperidine rings is 1. The van der Waals surface area contributed by atoms with Gasteiger partial charge in [-0.2, -0.15) is 0 Å². The van der Waals surface area contributed by atoms with Gasteiger partial charge in [0.2, 0.25) is 0 Å². The number of nitrogens with zero attached hydrogens (tertiary/aromatic N) is 1. The minimum Gasteiger partial charge on any atom is -0.481 e. The van der Waals surface area contributed by atoms with Gasteiger partial charge in [-0.15, -0.1) is 0 Å². The molecular formula is C14H24N2O4. The molecule has 2 heterocycles. The molecule has 2 atom stereocenters. The molecule has 0 aromatic heterocycles. The van der Waals surface area contributed by atoms with Gasteiger partial charge in [0.1, 0.15) is 0 Å². The molecular weight excluding hydrogens is 260 g/mol. The van der Waals surface area contributed by atoms with E-state index in [1.807, 2.05) is 4.90 Å². The zero-order chi connectivity index (χ0) is 14.4. The molecule has 2 N–H and O–H groups in total. The zero-order valence-corrected chi connectivity index (χ0v) is 11.8. The van der Waals surface area contributed by atoms with E-state index in [1.165, 1.54) is 0 Å². The summed E-state index contributed by atoms with van der Waals surface area (Å²) in [5, 5.41) is 11.8. The maximum absolute atomic E-state index is 12.3. The molecule has 114 valence electrons. The number of urea groups is 1. The highest BCUT2D eigenvalue weighted by Gasteiger charge is 2.28. The van der Waals surface area contributed by atoms with Crippen LogP contribution in [0.1, 0.15) is 44.9 Å². The van der Waals surface area contributed by atoms with Crippen LogP contribution in [0.25, 0.3) is 0 Å². The number of amides is 2. The summed E-state index contributed by atoms with van der Waals surface area (Å²) in [6.07, 6.45) is 5.58. The first-order chi connectivity index (χ1) is 9.66. The highest BCUT2D eigenvalue weighted by atomic mass is 16.5. The number of carbonyl (C=O) groups excluding carboxylic acids is 1. The smallest absolute Gasteiger partial charge is 0.317 e. The molecule has 0 radical (unpaired) electrons. The molecule has 0 spiro atoms. The van der Waals surface area contributed by atoms with E-state index in [0.717, 1.165) is 45.3 Å². The predicted octanol–water partition coefficient (Wildman–Crippen LogP) is 1.59. The SMILES string of the molecule is O=C(O)CCC1CCCCN1C(=O)NC1CCCOC1. The Morgan fingerprint density at radius 1 is 1.25 bits per heavy atom. The number of carboxylic acids is 1. The van der Waals surface area contributed by atoms with Crippen LogP contribution in [-0.2, 0) is 9.53 Å². The van der Waals surface area contributed by atoms with Gasteiger partial charge in [-0.25, -0.2) is 4.79 Å². The molecule has 0 aromatic rings. The molecule has 2 aliphatic heterocycles. The van der Waals surface area contributed by atoms with Crippen molar-refractivity contribution in [2.75, 3.05) is 19.8 Å². The van der Waals surface area contributed by atoms with Gasteiger partial charge in [-0.1, -0.05) is 0 Å². The van der Waals surface area contributed by atoms with Crippen LogP contribution < -0.4 is 5.32 Å². The Balaban J connectivity index is 1.85. The van der Waals surface area contributed by atoms with E-state index in [2.05, 4.69) is 5.32 Å². The predicted molar refractivity (Wildman–Crippen MR) is 73.6 cm³/mol. The molecule has 0 bridgehead atoms. The second-order valence-corrected chi connectivity index (χ2v) is 5.64. The maximum atomic E-state index is 12.3. The third-order valence-corrected chi connectivity index (χ3v) is 4.07. The molecule has 2 fully saturated rings. The number of ether oxygens (including phenoxy) is 1. The van der Waals surface area contributed by atoms with E-state index < -0.39 is 5.97 Å². The molecule has 2 rings (SSSR count). The number of aliphatic carboxylic acids is 1. The number of carboxylic acid groups (broad SMARTS) is 1. The fourth-order valence-electron chi connectivity index (χ4n) is 2.97. The van der Waals surface area contributed by atoms with Crippen molar-refractivity contribution >= 4 is 12.0 Å². The van der Waals surface area contributed by atoms with Gasteiger partial charge in [0.05, 0.1) is 12.6 Å². The van der Waals surface area contributed by atoms with Crippen LogP contribution in [0.15, 0.2) is 0 Å². The Kier molecular flexibility index (Phi) is 5.64. The van der Waals surface area contributed by atoms with E-state index in [1.54, 1.807) is 0 Å². The van der Waals surface area contributed by atoms with E-state index in [0.29, 0.717) is 13.0 Å². The number of carbonyl (C=O) groups is 2. The van der Waals surface area contributed by atoms with E-state index in [-0.39, 0.29) is 24.5 Å². The number of hydrogen-bond acceptors (Lipinski definition) is 3. The van der Waals surface area contributed by atoms with Crippen molar-refractivity contribution in [2.24, 2.45) is 0 Å². The molecule has 6 heteroatoms. The Labute approximate surface area is 119 Å². The minimum atomic E-state index is -0.795. The second-order valence-electron chi connectivity index (χ2n) is 5.64. The summed E-state index contributed by atoms with van der Waals surface area (Å²) in [6.45, 7) is 2.08. The largest absolute Gasteiger partial charge is 0.481 e. The average molecular weight is 284 g/mol. The summed E-state index contributed by atoms with van der Waals surface area (Å²) in [5.74, 6) is -0.795. The molecule has 2 saturated heterocycles. The molecule has 0 saturated carbocycles. The zero-order valence-electron chi connectivity index (χ0n) is 11.8. The molecule has 2 unspecified atom stereocenters. The lowest BCUT2D eigenvalue weighted by Gasteiger charge is -2.37. The number of nitrogens with one attached hydrogen (secondary N) is 1. The van der Waals surface area contributed by atoms with Crippen molar-refractivity contribution < 1.29 is 19.4 Å². The van der Waals surface area contributed by atoms with Gasteiger partial charge in [-0.3, -0.25) is 4.79 Å². The maximum Gasteiger partial charge on any atom is 0.317 e. The van der Waals surface area contributed by atoms with Crippen LogP contribution in [0.3, 0.4) is 0 Å². The number of likely N-dealkylation sites (tertiary alicyclic amines) is 1. The van der Waals surface area contributed by atoms with Crippen molar-refractivity contribution in [3.63, 3.8) is 0 Å². The fraction of sp³-hybridized carbons (Fsp3) is 0.857. The van der Waals surface area contributed by atoms with Gasteiger partial charge in [0.15, 0.2) is 0 Å². The van der Waals surface area contributed by atoms with Crippen molar-refractivity contribution in [3.05, 3.63) is 0 Å². The fourth-order valence-corrected chi connectivity index (χ4v) is 2.97. The number of rotatable bonds is 4. The quantitative estimate of drug-likeness (QED) is 0.821. The molecule has 0 aromatic carbocycles. The molecule has 2 aliphatic rings. The third-order valence-electron chi connectivity index (χ3n) is 4.07. The van der Waals surface area contributed by atoms with Crippen LogP contribution in [0.2, 0.25) is 0 Å². The topological polar surface area (TPSA) is 78.9 Å². The molecule has 20 heavy (non-hydrogen) atoms. The van der Waals surface area contributed by atoms with Crippen LogP contribution >= 0.6 is 0 Å². The second kappa shape index (κ2) is 7.47. The highest BCUT2D eigenvalue weighted by molar-refractivity contribution is 5.75. The third kappa shape index (κ3) is 4.37. The average Bonchev–Trinajstić information content (AvgIpc) is 2.46. The van der Waals surface area contributed by atoms with Gasteiger partial charge < -0.3 is 20.1 Å². The molecule has 2 amide bonds. The van der Waals surface area contributed by atoms with Crippen molar-refractivity contribution in [2.45, 2.75) is 57.0 Å². The van der Waals surface area contributed by atoms with Crippen LogP contribution in [-0.4, -0.2) is 53.8 Å². The summed E-state index contributed by atoms with van der Waals surface area (Å²) in [7, 11) is 0. The van der Waals surface area contributed by atoms with Gasteiger partial charge >= 0.3 is 12.0 Å². The van der Waals surface area contributed by atoms with Gasteiger partial charge in [-0.05, 0) is 38.5 Å². The molecule has 0 aliphatic carbocycles. The highest BCUT2D eigenvalue weighted by Crippen LogP contribution is 2.21. The minimum absolute atomic E-state index is 0.0596. The van der Waals surface area contributed by atoms with Crippen LogP contribution in [0.5, 0.6) is 0 Å². The van der Waals surface area contributed by atoms with E-state index >= 15 is 0 Å². The standard InChI is InChI=1S/C14H24N2O4/c17-13(18)7-6-12-5-1-2-8-16(12)14(19)15-11-4-3-9-20-10-11/h11-12H,1-10H2,(H,15,19)(H,17,18). The van der Waals surface area contributed by atoms with Crippen molar-refractivity contribution in [1.82, 2.24) is 10.2 Å². The lowest BCUT2D eigenvalue weighted by Crippen LogP contribution is -2.52. The molecule has 6 nitrogen and oxygen atoms in total. The first kappa shape index (κ1) is 15.1. The van der Waals surface area contributed by atoms with E-state index in [4.69, 9.17) is 9.84 Å². The summed E-state index contributed by atoms with van der Waals surface area (Å²) in [5.41, 5.74) is 0. The summed E-state index contributed by atoms with van der Waals surface area (Å²) >= 11 is 0.